The molecule has 27 heavy (non-hydrogen) atoms. The van der Waals surface area contributed by atoms with Gasteiger partial charge in [-0.25, -0.2) is 9.07 Å². The fourth-order valence-corrected chi connectivity index (χ4v) is 4.59. The first-order valence-electron chi connectivity index (χ1n) is 9.41. The summed E-state index contributed by atoms with van der Waals surface area (Å²) in [6.45, 7) is 0.627. The number of amides is 1. The van der Waals surface area contributed by atoms with Gasteiger partial charge in [-0.05, 0) is 55.7 Å². The molecule has 2 aliphatic rings. The lowest BCUT2D eigenvalue weighted by molar-refractivity contribution is 0.0724. The van der Waals surface area contributed by atoms with Crippen LogP contribution in [0.2, 0.25) is 0 Å². The highest BCUT2D eigenvalue weighted by Crippen LogP contribution is 2.34. The summed E-state index contributed by atoms with van der Waals surface area (Å²) >= 11 is 1.67. The number of para-hydroxylation sites is 1. The van der Waals surface area contributed by atoms with Crippen LogP contribution in [0.3, 0.4) is 0 Å². The first-order valence-corrected chi connectivity index (χ1v) is 10.3. The third kappa shape index (κ3) is 2.98. The molecular formula is C21H20FN3OS. The van der Waals surface area contributed by atoms with Gasteiger partial charge in [-0.2, -0.15) is 5.10 Å². The Kier molecular flexibility index (Phi) is 4.08. The summed E-state index contributed by atoms with van der Waals surface area (Å²) < 4.78 is 16.0. The van der Waals surface area contributed by atoms with Crippen LogP contribution in [0.1, 0.15) is 45.9 Å². The number of thiophene rings is 1. The number of benzene rings is 1. The van der Waals surface area contributed by atoms with Crippen molar-refractivity contribution >= 4 is 17.2 Å². The van der Waals surface area contributed by atoms with Crippen molar-refractivity contribution in [1.29, 1.82) is 0 Å². The van der Waals surface area contributed by atoms with E-state index < -0.39 is 0 Å². The van der Waals surface area contributed by atoms with Gasteiger partial charge in [-0.15, -0.1) is 11.3 Å². The van der Waals surface area contributed by atoms with E-state index in [9.17, 15) is 9.18 Å². The van der Waals surface area contributed by atoms with Gasteiger partial charge in [0.25, 0.3) is 5.91 Å². The molecule has 6 heteroatoms. The van der Waals surface area contributed by atoms with Gasteiger partial charge in [-0.1, -0.05) is 18.2 Å². The molecule has 138 valence electrons. The van der Waals surface area contributed by atoms with Crippen molar-refractivity contribution in [3.8, 4) is 5.69 Å². The highest BCUT2D eigenvalue weighted by Gasteiger charge is 2.37. The van der Waals surface area contributed by atoms with Crippen LogP contribution in [0.25, 0.3) is 5.69 Å². The molecule has 2 heterocycles. The Labute approximate surface area is 161 Å². The fraction of sp³-hybridized carbons (Fsp3) is 0.333. The van der Waals surface area contributed by atoms with Crippen LogP contribution in [0.4, 0.5) is 4.39 Å². The van der Waals surface area contributed by atoms with E-state index in [1.807, 2.05) is 16.3 Å². The molecule has 2 aliphatic carbocycles. The average molecular weight is 381 g/mol. The maximum atomic E-state index is 14.3. The third-order valence-electron chi connectivity index (χ3n) is 5.37. The van der Waals surface area contributed by atoms with Crippen molar-refractivity contribution in [2.45, 2.75) is 44.7 Å². The number of hydrogen-bond donors (Lipinski definition) is 0. The summed E-state index contributed by atoms with van der Waals surface area (Å²) in [5, 5.41) is 6.65. The minimum atomic E-state index is -0.314. The minimum absolute atomic E-state index is 0.0147. The summed E-state index contributed by atoms with van der Waals surface area (Å²) in [5.74, 6) is -0.328. The standard InChI is InChI=1S/C21H20FN3OS/c22-17-7-1-2-8-19(17)25-18-9-3-6-16(18)20(23-25)21(26)24(14-10-11-14)13-15-5-4-12-27-15/h1-2,4-5,7-8,12,14H,3,6,9-11,13H2. The van der Waals surface area contributed by atoms with Crippen molar-refractivity contribution in [3.63, 3.8) is 0 Å². The van der Waals surface area contributed by atoms with Crippen LogP contribution in [0, 0.1) is 5.82 Å². The summed E-state index contributed by atoms with van der Waals surface area (Å²) in [6.07, 6.45) is 4.75. The van der Waals surface area contributed by atoms with Crippen molar-refractivity contribution < 1.29 is 9.18 Å². The SMILES string of the molecule is O=C(c1nn(-c2ccccc2F)c2c1CCC2)N(Cc1cccs1)C1CC1. The van der Waals surface area contributed by atoms with E-state index in [4.69, 9.17) is 0 Å². The minimum Gasteiger partial charge on any atom is -0.329 e. The predicted octanol–water partition coefficient (Wildman–Crippen LogP) is 4.37. The predicted molar refractivity (Wildman–Crippen MR) is 103 cm³/mol. The molecule has 1 saturated carbocycles. The molecule has 0 bridgehead atoms. The number of fused-ring (bicyclic) bond motifs is 1. The van der Waals surface area contributed by atoms with E-state index >= 15 is 0 Å². The van der Waals surface area contributed by atoms with E-state index in [2.05, 4.69) is 11.2 Å². The molecule has 1 aromatic carbocycles. The highest BCUT2D eigenvalue weighted by atomic mass is 32.1. The lowest BCUT2D eigenvalue weighted by Gasteiger charge is -2.21. The Morgan fingerprint density at radius 1 is 1.22 bits per heavy atom. The molecule has 1 fully saturated rings. The fourth-order valence-electron chi connectivity index (χ4n) is 3.89. The summed E-state index contributed by atoms with van der Waals surface area (Å²) in [4.78, 5) is 16.5. The van der Waals surface area contributed by atoms with Crippen molar-refractivity contribution in [3.05, 3.63) is 69.4 Å². The number of carbonyl (C=O) groups excluding carboxylic acids is 1. The van der Waals surface area contributed by atoms with E-state index in [1.165, 1.54) is 10.9 Å². The first-order chi connectivity index (χ1) is 13.2. The largest absolute Gasteiger partial charge is 0.329 e. The average Bonchev–Trinajstić information content (AvgIpc) is 3.08. The van der Waals surface area contributed by atoms with Crippen molar-refractivity contribution in [2.75, 3.05) is 0 Å². The Morgan fingerprint density at radius 2 is 2.07 bits per heavy atom. The van der Waals surface area contributed by atoms with Crippen LogP contribution in [0.5, 0.6) is 0 Å². The number of aromatic nitrogens is 2. The molecule has 1 amide bonds. The van der Waals surface area contributed by atoms with E-state index in [1.54, 1.807) is 34.2 Å². The van der Waals surface area contributed by atoms with Gasteiger partial charge in [-0.3, -0.25) is 4.79 Å². The van der Waals surface area contributed by atoms with Crippen LogP contribution in [-0.2, 0) is 19.4 Å². The van der Waals surface area contributed by atoms with E-state index in [-0.39, 0.29) is 11.7 Å². The molecule has 2 aromatic heterocycles. The molecular weight excluding hydrogens is 361 g/mol. The van der Waals surface area contributed by atoms with Gasteiger partial charge in [0, 0.05) is 22.2 Å². The van der Waals surface area contributed by atoms with Gasteiger partial charge in [0.2, 0.25) is 0 Å². The smallest absolute Gasteiger partial charge is 0.275 e. The van der Waals surface area contributed by atoms with Crippen molar-refractivity contribution in [1.82, 2.24) is 14.7 Å². The van der Waals surface area contributed by atoms with Gasteiger partial charge < -0.3 is 4.90 Å². The monoisotopic (exact) mass is 381 g/mol. The highest BCUT2D eigenvalue weighted by molar-refractivity contribution is 7.09. The molecule has 0 aliphatic heterocycles. The van der Waals surface area contributed by atoms with Gasteiger partial charge in [0.1, 0.15) is 11.5 Å². The molecule has 3 aromatic rings. The summed E-state index contributed by atoms with van der Waals surface area (Å²) in [7, 11) is 0. The van der Waals surface area contributed by atoms with Gasteiger partial charge in [0.05, 0.1) is 6.54 Å². The number of nitrogens with zero attached hydrogens (tertiary/aromatic N) is 3. The van der Waals surface area contributed by atoms with Crippen molar-refractivity contribution in [2.24, 2.45) is 0 Å². The zero-order chi connectivity index (χ0) is 18.4. The number of carbonyl (C=O) groups is 1. The molecule has 4 nitrogen and oxygen atoms in total. The maximum absolute atomic E-state index is 14.3. The third-order valence-corrected chi connectivity index (χ3v) is 6.23. The van der Waals surface area contributed by atoms with E-state index in [0.717, 1.165) is 43.4 Å². The quantitative estimate of drug-likeness (QED) is 0.658. The maximum Gasteiger partial charge on any atom is 0.275 e. The molecule has 0 saturated heterocycles. The lowest BCUT2D eigenvalue weighted by Crippen LogP contribution is -2.33. The molecule has 0 spiro atoms. The Hall–Kier alpha value is -2.47. The molecule has 0 N–H and O–H groups in total. The normalized spacial score (nSPS) is 15.7. The Bertz CT molecular complexity index is 991. The lowest BCUT2D eigenvalue weighted by atomic mass is 10.1. The number of halogens is 1. The second-order valence-electron chi connectivity index (χ2n) is 7.23. The molecule has 0 atom stereocenters. The Balaban J connectivity index is 1.54. The second kappa shape index (κ2) is 6.60. The molecule has 5 rings (SSSR count). The molecule has 0 unspecified atom stereocenters. The van der Waals surface area contributed by atoms with Crippen LogP contribution < -0.4 is 0 Å². The van der Waals surface area contributed by atoms with Crippen LogP contribution >= 0.6 is 11.3 Å². The van der Waals surface area contributed by atoms with E-state index in [0.29, 0.717) is 24.0 Å². The first kappa shape index (κ1) is 16.7. The summed E-state index contributed by atoms with van der Waals surface area (Å²) in [5.41, 5.74) is 2.91. The zero-order valence-electron chi connectivity index (χ0n) is 14.9. The Morgan fingerprint density at radius 3 is 2.81 bits per heavy atom. The second-order valence-corrected chi connectivity index (χ2v) is 8.27. The van der Waals surface area contributed by atoms with Crippen LogP contribution in [0.15, 0.2) is 41.8 Å². The summed E-state index contributed by atoms with van der Waals surface area (Å²) in [6, 6.07) is 11.0. The van der Waals surface area contributed by atoms with Crippen LogP contribution in [-0.4, -0.2) is 26.6 Å². The zero-order valence-corrected chi connectivity index (χ0v) is 15.7. The molecule has 0 radical (unpaired) electrons. The topological polar surface area (TPSA) is 38.1 Å². The number of rotatable bonds is 5. The van der Waals surface area contributed by atoms with Gasteiger partial charge >= 0.3 is 0 Å². The number of hydrogen-bond acceptors (Lipinski definition) is 3. The van der Waals surface area contributed by atoms with Gasteiger partial charge in [0.15, 0.2) is 5.69 Å².